The van der Waals surface area contributed by atoms with Gasteiger partial charge in [0, 0.05) is 32.4 Å². The van der Waals surface area contributed by atoms with Gasteiger partial charge >= 0.3 is 6.03 Å². The number of urea groups is 1. The van der Waals surface area contributed by atoms with E-state index in [2.05, 4.69) is 47.7 Å². The van der Waals surface area contributed by atoms with Crippen LogP contribution in [0.1, 0.15) is 37.3 Å². The number of carbonyl (C=O) groups excluding carboxylic acids is 1. The van der Waals surface area contributed by atoms with E-state index in [0.29, 0.717) is 6.54 Å². The van der Waals surface area contributed by atoms with Crippen molar-refractivity contribution in [3.63, 3.8) is 0 Å². The van der Waals surface area contributed by atoms with Crippen LogP contribution in [0.25, 0.3) is 0 Å². The maximum Gasteiger partial charge on any atom is 0.315 e. The van der Waals surface area contributed by atoms with Crippen LogP contribution < -0.4 is 15.5 Å². The zero-order chi connectivity index (χ0) is 14.4. The SMILES string of the molecule is CCCCNC(=O)NCc1ccc2c(c1)CCCN2C. The van der Waals surface area contributed by atoms with Gasteiger partial charge < -0.3 is 15.5 Å². The molecule has 1 aliphatic heterocycles. The van der Waals surface area contributed by atoms with Crippen molar-refractivity contribution in [2.45, 2.75) is 39.2 Å². The van der Waals surface area contributed by atoms with Gasteiger partial charge in [0.1, 0.15) is 0 Å². The number of fused-ring (bicyclic) bond motifs is 1. The van der Waals surface area contributed by atoms with Crippen LogP contribution in [0.3, 0.4) is 0 Å². The normalized spacial score (nSPS) is 13.8. The zero-order valence-corrected chi connectivity index (χ0v) is 12.5. The van der Waals surface area contributed by atoms with Gasteiger partial charge in [-0.2, -0.15) is 0 Å². The molecule has 2 amide bonds. The van der Waals surface area contributed by atoms with Crippen LogP contribution in [-0.4, -0.2) is 26.2 Å². The fraction of sp³-hybridized carbons (Fsp3) is 0.562. The molecular weight excluding hydrogens is 250 g/mol. The summed E-state index contributed by atoms with van der Waals surface area (Å²) in [5, 5.41) is 5.78. The lowest BCUT2D eigenvalue weighted by molar-refractivity contribution is 0.240. The van der Waals surface area contributed by atoms with E-state index in [4.69, 9.17) is 0 Å². The van der Waals surface area contributed by atoms with Crippen molar-refractivity contribution in [2.75, 3.05) is 25.0 Å². The predicted molar refractivity (Wildman–Crippen MR) is 83.2 cm³/mol. The molecule has 20 heavy (non-hydrogen) atoms. The topological polar surface area (TPSA) is 44.4 Å². The highest BCUT2D eigenvalue weighted by atomic mass is 16.2. The summed E-state index contributed by atoms with van der Waals surface area (Å²) >= 11 is 0. The van der Waals surface area contributed by atoms with Crippen LogP contribution in [0.15, 0.2) is 18.2 Å². The second-order valence-corrected chi connectivity index (χ2v) is 5.45. The van der Waals surface area contributed by atoms with E-state index in [0.717, 1.165) is 32.4 Å². The van der Waals surface area contributed by atoms with Gasteiger partial charge in [0.25, 0.3) is 0 Å². The Morgan fingerprint density at radius 2 is 2.20 bits per heavy atom. The Kier molecular flexibility index (Phi) is 5.27. The summed E-state index contributed by atoms with van der Waals surface area (Å²) in [4.78, 5) is 13.9. The molecule has 0 radical (unpaired) electrons. The molecule has 4 heteroatoms. The van der Waals surface area contributed by atoms with Gasteiger partial charge in [0.2, 0.25) is 0 Å². The lowest BCUT2D eigenvalue weighted by Gasteiger charge is -2.27. The second kappa shape index (κ2) is 7.17. The van der Waals surface area contributed by atoms with Gasteiger partial charge in [0.05, 0.1) is 0 Å². The van der Waals surface area contributed by atoms with Crippen molar-refractivity contribution >= 4 is 11.7 Å². The Morgan fingerprint density at radius 3 is 3.00 bits per heavy atom. The summed E-state index contributed by atoms with van der Waals surface area (Å²) in [5.74, 6) is 0. The van der Waals surface area contributed by atoms with Gasteiger partial charge in [-0.05, 0) is 36.5 Å². The van der Waals surface area contributed by atoms with E-state index in [-0.39, 0.29) is 6.03 Å². The van der Waals surface area contributed by atoms with E-state index >= 15 is 0 Å². The van der Waals surface area contributed by atoms with Crippen molar-refractivity contribution < 1.29 is 4.79 Å². The Bertz CT molecular complexity index is 459. The first-order valence-corrected chi connectivity index (χ1v) is 7.55. The molecule has 0 bridgehead atoms. The molecule has 0 atom stereocenters. The van der Waals surface area contributed by atoms with E-state index < -0.39 is 0 Å². The number of nitrogens with one attached hydrogen (secondary N) is 2. The molecule has 0 unspecified atom stereocenters. The van der Waals surface area contributed by atoms with Crippen molar-refractivity contribution in [3.05, 3.63) is 29.3 Å². The minimum atomic E-state index is -0.0757. The first-order valence-electron chi connectivity index (χ1n) is 7.55. The van der Waals surface area contributed by atoms with Crippen LogP contribution in [0, 0.1) is 0 Å². The molecule has 4 nitrogen and oxygen atoms in total. The molecule has 110 valence electrons. The van der Waals surface area contributed by atoms with Crippen molar-refractivity contribution in [1.29, 1.82) is 0 Å². The number of hydrogen-bond acceptors (Lipinski definition) is 2. The smallest absolute Gasteiger partial charge is 0.315 e. The minimum absolute atomic E-state index is 0.0757. The van der Waals surface area contributed by atoms with Gasteiger partial charge in [0.15, 0.2) is 0 Å². The highest BCUT2D eigenvalue weighted by Gasteiger charge is 2.13. The van der Waals surface area contributed by atoms with E-state index in [9.17, 15) is 4.79 Å². The van der Waals surface area contributed by atoms with Gasteiger partial charge in [-0.1, -0.05) is 25.5 Å². The predicted octanol–water partition coefficient (Wildman–Crippen LogP) is 2.67. The number of amides is 2. The summed E-state index contributed by atoms with van der Waals surface area (Å²) in [5.41, 5.74) is 3.89. The molecule has 0 aliphatic carbocycles. The molecule has 0 saturated heterocycles. The quantitative estimate of drug-likeness (QED) is 0.811. The Labute approximate surface area is 121 Å². The second-order valence-electron chi connectivity index (χ2n) is 5.45. The monoisotopic (exact) mass is 275 g/mol. The maximum atomic E-state index is 11.6. The fourth-order valence-corrected chi connectivity index (χ4v) is 2.57. The lowest BCUT2D eigenvalue weighted by Crippen LogP contribution is -2.35. The van der Waals surface area contributed by atoms with Gasteiger partial charge in [-0.15, -0.1) is 0 Å². The standard InChI is InChI=1S/C16H25N3O/c1-3-4-9-17-16(20)18-12-13-7-8-15-14(11-13)6-5-10-19(15)2/h7-8,11H,3-6,9-10,12H2,1-2H3,(H2,17,18,20). The van der Waals surface area contributed by atoms with Crippen LogP contribution in [0.4, 0.5) is 10.5 Å². The first-order chi connectivity index (χ1) is 9.70. The van der Waals surface area contributed by atoms with E-state index in [1.165, 1.54) is 23.2 Å². The van der Waals surface area contributed by atoms with Crippen LogP contribution in [-0.2, 0) is 13.0 Å². The first kappa shape index (κ1) is 14.7. The van der Waals surface area contributed by atoms with Crippen LogP contribution in [0.2, 0.25) is 0 Å². The van der Waals surface area contributed by atoms with Crippen LogP contribution >= 0.6 is 0 Å². The molecule has 1 heterocycles. The lowest BCUT2D eigenvalue weighted by atomic mass is 9.99. The highest BCUT2D eigenvalue weighted by molar-refractivity contribution is 5.73. The van der Waals surface area contributed by atoms with E-state index in [1.54, 1.807) is 0 Å². The summed E-state index contributed by atoms with van der Waals surface area (Å²) in [7, 11) is 2.14. The number of aryl methyl sites for hydroxylation is 1. The molecule has 2 rings (SSSR count). The third-order valence-corrected chi connectivity index (χ3v) is 3.76. The minimum Gasteiger partial charge on any atom is -0.374 e. The summed E-state index contributed by atoms with van der Waals surface area (Å²) in [6.07, 6.45) is 4.46. The molecular formula is C16H25N3O. The molecule has 1 aromatic rings. The zero-order valence-electron chi connectivity index (χ0n) is 12.5. The summed E-state index contributed by atoms with van der Waals surface area (Å²) in [6, 6.07) is 6.42. The number of carbonyl (C=O) groups is 1. The number of unbranched alkanes of at least 4 members (excludes halogenated alkanes) is 1. The maximum absolute atomic E-state index is 11.6. The van der Waals surface area contributed by atoms with Crippen molar-refractivity contribution in [1.82, 2.24) is 10.6 Å². The Hall–Kier alpha value is -1.71. The largest absolute Gasteiger partial charge is 0.374 e. The van der Waals surface area contributed by atoms with Crippen molar-refractivity contribution in [2.24, 2.45) is 0 Å². The molecule has 1 aromatic carbocycles. The van der Waals surface area contributed by atoms with E-state index in [1.807, 2.05) is 0 Å². The van der Waals surface area contributed by atoms with Gasteiger partial charge in [-0.3, -0.25) is 0 Å². The molecule has 0 saturated carbocycles. The van der Waals surface area contributed by atoms with Crippen LogP contribution in [0.5, 0.6) is 0 Å². The number of rotatable bonds is 5. The fourth-order valence-electron chi connectivity index (χ4n) is 2.57. The average molecular weight is 275 g/mol. The Balaban J connectivity index is 1.86. The number of benzene rings is 1. The summed E-state index contributed by atoms with van der Waals surface area (Å²) < 4.78 is 0. The van der Waals surface area contributed by atoms with Gasteiger partial charge in [-0.25, -0.2) is 4.79 Å². The van der Waals surface area contributed by atoms with Crippen molar-refractivity contribution in [3.8, 4) is 0 Å². The average Bonchev–Trinajstić information content (AvgIpc) is 2.45. The molecule has 0 fully saturated rings. The highest BCUT2D eigenvalue weighted by Crippen LogP contribution is 2.26. The third-order valence-electron chi connectivity index (χ3n) is 3.76. The summed E-state index contributed by atoms with van der Waals surface area (Å²) in [6.45, 7) is 4.58. The molecule has 0 aromatic heterocycles. The Morgan fingerprint density at radius 1 is 1.35 bits per heavy atom. The molecule has 0 spiro atoms. The molecule has 2 N–H and O–H groups in total. The number of hydrogen-bond donors (Lipinski definition) is 2. The third kappa shape index (κ3) is 3.89. The number of anilines is 1. The molecule has 1 aliphatic rings. The number of nitrogens with zero attached hydrogens (tertiary/aromatic N) is 1.